The highest BCUT2D eigenvalue weighted by molar-refractivity contribution is 14.1. The highest BCUT2D eigenvalue weighted by Crippen LogP contribution is 2.21. The molecule has 2 heterocycles. The minimum Gasteiger partial charge on any atom is -0.362 e. The molecule has 2 amide bonds. The number of rotatable bonds is 2. The standard InChI is InChI=1S/C14H10IN3O2/c15-9-3-5-11(6-4-9)18-14(20)12(13(19)17-18)8-10-2-1-7-16-10/h1-8,16H,(H,17,19). The molecule has 1 fully saturated rings. The van der Waals surface area contributed by atoms with Gasteiger partial charge in [-0.25, -0.2) is 5.01 Å². The lowest BCUT2D eigenvalue weighted by Crippen LogP contribution is -2.35. The Labute approximate surface area is 128 Å². The van der Waals surface area contributed by atoms with Crippen molar-refractivity contribution in [1.82, 2.24) is 10.4 Å². The Hall–Kier alpha value is -2.09. The Morgan fingerprint density at radius 3 is 2.50 bits per heavy atom. The van der Waals surface area contributed by atoms with Gasteiger partial charge in [-0.1, -0.05) is 0 Å². The van der Waals surface area contributed by atoms with E-state index in [0.29, 0.717) is 11.4 Å². The normalized spacial score (nSPS) is 16.9. The van der Waals surface area contributed by atoms with Gasteiger partial charge in [0.05, 0.1) is 5.69 Å². The zero-order valence-electron chi connectivity index (χ0n) is 10.3. The Morgan fingerprint density at radius 2 is 1.85 bits per heavy atom. The lowest BCUT2D eigenvalue weighted by Gasteiger charge is -2.14. The van der Waals surface area contributed by atoms with E-state index in [4.69, 9.17) is 0 Å². The maximum atomic E-state index is 12.3. The third-order valence-corrected chi connectivity index (χ3v) is 3.62. The van der Waals surface area contributed by atoms with E-state index in [9.17, 15) is 9.59 Å². The quantitative estimate of drug-likeness (QED) is 0.477. The van der Waals surface area contributed by atoms with Gasteiger partial charge in [0.25, 0.3) is 11.8 Å². The third kappa shape index (κ3) is 2.34. The van der Waals surface area contributed by atoms with Gasteiger partial charge in [-0.05, 0) is 65.1 Å². The molecule has 1 aliphatic heterocycles. The van der Waals surface area contributed by atoms with Gasteiger partial charge < -0.3 is 4.98 Å². The molecule has 1 aromatic carbocycles. The van der Waals surface area contributed by atoms with Gasteiger partial charge in [0.15, 0.2) is 0 Å². The highest BCUT2D eigenvalue weighted by atomic mass is 127. The highest BCUT2D eigenvalue weighted by Gasteiger charge is 2.34. The van der Waals surface area contributed by atoms with E-state index in [0.717, 1.165) is 3.57 Å². The van der Waals surface area contributed by atoms with E-state index in [1.54, 1.807) is 36.5 Å². The molecule has 100 valence electrons. The van der Waals surface area contributed by atoms with Crippen molar-refractivity contribution in [1.29, 1.82) is 0 Å². The molecule has 6 heteroatoms. The summed E-state index contributed by atoms with van der Waals surface area (Å²) in [6, 6.07) is 10.9. The van der Waals surface area contributed by atoms with Gasteiger partial charge in [-0.15, -0.1) is 0 Å². The summed E-state index contributed by atoms with van der Waals surface area (Å²) in [6.07, 6.45) is 3.28. The maximum absolute atomic E-state index is 12.3. The van der Waals surface area contributed by atoms with Crippen LogP contribution in [-0.2, 0) is 9.59 Å². The molecular weight excluding hydrogens is 369 g/mol. The summed E-state index contributed by atoms with van der Waals surface area (Å²) in [5, 5.41) is 1.26. The van der Waals surface area contributed by atoms with Gasteiger partial charge in [-0.3, -0.25) is 15.0 Å². The number of carbonyl (C=O) groups is 2. The fourth-order valence-electron chi connectivity index (χ4n) is 1.92. The zero-order valence-corrected chi connectivity index (χ0v) is 12.4. The first kappa shape index (κ1) is 12.9. The molecule has 0 aliphatic carbocycles. The largest absolute Gasteiger partial charge is 0.362 e. The number of amides is 2. The Morgan fingerprint density at radius 1 is 1.10 bits per heavy atom. The molecule has 2 N–H and O–H groups in total. The number of halogens is 1. The van der Waals surface area contributed by atoms with Gasteiger partial charge in [0.1, 0.15) is 5.57 Å². The topological polar surface area (TPSA) is 65.2 Å². The number of nitrogens with one attached hydrogen (secondary N) is 2. The molecule has 0 spiro atoms. The molecule has 0 unspecified atom stereocenters. The fourth-order valence-corrected chi connectivity index (χ4v) is 2.28. The van der Waals surface area contributed by atoms with Crippen molar-refractivity contribution in [3.05, 3.63) is 57.4 Å². The van der Waals surface area contributed by atoms with Crippen LogP contribution in [0.2, 0.25) is 0 Å². The van der Waals surface area contributed by atoms with Crippen LogP contribution in [0.4, 0.5) is 5.69 Å². The summed E-state index contributed by atoms with van der Waals surface area (Å²) in [5.41, 5.74) is 4.03. The van der Waals surface area contributed by atoms with Crippen molar-refractivity contribution in [2.24, 2.45) is 0 Å². The number of hydrogen-bond acceptors (Lipinski definition) is 2. The average Bonchev–Trinajstić information content (AvgIpc) is 3.04. The Kier molecular flexibility index (Phi) is 3.31. The Bertz CT molecular complexity index is 690. The summed E-state index contributed by atoms with van der Waals surface area (Å²) in [4.78, 5) is 27.1. The molecule has 0 bridgehead atoms. The summed E-state index contributed by atoms with van der Waals surface area (Å²) in [5.74, 6) is -0.756. The summed E-state index contributed by atoms with van der Waals surface area (Å²) in [7, 11) is 0. The first-order chi connectivity index (χ1) is 9.65. The van der Waals surface area contributed by atoms with Crippen LogP contribution in [0, 0.1) is 3.57 Å². The molecule has 0 saturated carbocycles. The number of nitrogens with zero attached hydrogens (tertiary/aromatic N) is 1. The number of hydrogen-bond donors (Lipinski definition) is 2. The number of hydrazine groups is 1. The van der Waals surface area contributed by atoms with Crippen LogP contribution in [0.5, 0.6) is 0 Å². The second-order valence-corrected chi connectivity index (χ2v) is 5.49. The van der Waals surface area contributed by atoms with Crippen LogP contribution in [0.1, 0.15) is 5.69 Å². The predicted molar refractivity (Wildman–Crippen MR) is 83.6 cm³/mol. The number of aromatic nitrogens is 1. The van der Waals surface area contributed by atoms with Gasteiger partial charge in [0, 0.05) is 15.5 Å². The average molecular weight is 379 g/mol. The number of anilines is 1. The van der Waals surface area contributed by atoms with E-state index in [2.05, 4.69) is 33.0 Å². The summed E-state index contributed by atoms with van der Waals surface area (Å²) >= 11 is 2.18. The molecule has 3 rings (SSSR count). The number of carbonyl (C=O) groups excluding carboxylic acids is 2. The second-order valence-electron chi connectivity index (χ2n) is 4.24. The van der Waals surface area contributed by atoms with Crippen LogP contribution in [-0.4, -0.2) is 16.8 Å². The van der Waals surface area contributed by atoms with Crippen molar-refractivity contribution < 1.29 is 9.59 Å². The number of H-pyrrole nitrogens is 1. The van der Waals surface area contributed by atoms with Crippen molar-refractivity contribution in [2.75, 3.05) is 5.01 Å². The van der Waals surface area contributed by atoms with E-state index in [1.807, 2.05) is 12.1 Å². The SMILES string of the molecule is O=C1NN(c2ccc(I)cc2)C(=O)C1=Cc1ccc[nH]1. The van der Waals surface area contributed by atoms with Gasteiger partial charge in [0.2, 0.25) is 0 Å². The van der Waals surface area contributed by atoms with Gasteiger partial charge in [-0.2, -0.15) is 0 Å². The van der Waals surface area contributed by atoms with Gasteiger partial charge >= 0.3 is 0 Å². The van der Waals surface area contributed by atoms with Crippen LogP contribution in [0.15, 0.2) is 48.2 Å². The molecular formula is C14H10IN3O2. The van der Waals surface area contributed by atoms with Crippen molar-refractivity contribution >= 4 is 46.2 Å². The van der Waals surface area contributed by atoms with E-state index < -0.39 is 5.91 Å². The van der Waals surface area contributed by atoms with Crippen molar-refractivity contribution in [3.8, 4) is 0 Å². The monoisotopic (exact) mass is 379 g/mol. The van der Waals surface area contributed by atoms with Crippen LogP contribution in [0.3, 0.4) is 0 Å². The summed E-state index contributed by atoms with van der Waals surface area (Å²) in [6.45, 7) is 0. The number of benzene rings is 1. The maximum Gasteiger partial charge on any atom is 0.282 e. The van der Waals surface area contributed by atoms with Crippen molar-refractivity contribution in [3.63, 3.8) is 0 Å². The predicted octanol–water partition coefficient (Wildman–Crippen LogP) is 2.08. The van der Waals surface area contributed by atoms with Crippen molar-refractivity contribution in [2.45, 2.75) is 0 Å². The first-order valence-corrected chi connectivity index (χ1v) is 6.99. The molecule has 5 nitrogen and oxygen atoms in total. The fraction of sp³-hybridized carbons (Fsp3) is 0. The molecule has 2 aromatic rings. The molecule has 0 atom stereocenters. The van der Waals surface area contributed by atoms with E-state index in [-0.39, 0.29) is 11.5 Å². The third-order valence-electron chi connectivity index (χ3n) is 2.90. The molecule has 0 radical (unpaired) electrons. The molecule has 1 saturated heterocycles. The molecule has 20 heavy (non-hydrogen) atoms. The molecule has 1 aromatic heterocycles. The van der Waals surface area contributed by atoms with E-state index >= 15 is 0 Å². The van der Waals surface area contributed by atoms with E-state index in [1.165, 1.54) is 5.01 Å². The molecule has 1 aliphatic rings. The van der Waals surface area contributed by atoms with Crippen LogP contribution in [0.25, 0.3) is 6.08 Å². The zero-order chi connectivity index (χ0) is 14.1. The summed E-state index contributed by atoms with van der Waals surface area (Å²) < 4.78 is 1.06. The number of aromatic amines is 1. The first-order valence-electron chi connectivity index (χ1n) is 5.91. The lowest BCUT2D eigenvalue weighted by molar-refractivity contribution is -0.117. The second kappa shape index (κ2) is 5.12. The van der Waals surface area contributed by atoms with Crippen LogP contribution >= 0.6 is 22.6 Å². The minimum absolute atomic E-state index is 0.117. The smallest absolute Gasteiger partial charge is 0.282 e. The minimum atomic E-state index is -0.400. The Balaban J connectivity index is 1.92. The van der Waals surface area contributed by atoms with Crippen LogP contribution < -0.4 is 10.4 Å². The lowest BCUT2D eigenvalue weighted by atomic mass is 10.2.